The summed E-state index contributed by atoms with van der Waals surface area (Å²) in [5.74, 6) is -2.35. The largest absolute Gasteiger partial charge is 0.504 e. The van der Waals surface area contributed by atoms with Crippen LogP contribution in [0.15, 0.2) is 47.9 Å². The maximum absolute atomic E-state index is 12.2. The molecule has 0 aliphatic carbocycles. The fourth-order valence-electron chi connectivity index (χ4n) is 2.89. The fourth-order valence-corrected chi connectivity index (χ4v) is 4.78. The van der Waals surface area contributed by atoms with Crippen LogP contribution in [0.3, 0.4) is 0 Å². The SMILES string of the molecule is CC(C)c1ccc2nc(C=C(O)C(F)(F)F)sc2c1.COc1ccc2nc(C=C(O)C(F)(F)F)sc2c1.[Co]. The number of ether oxygens (including phenoxy) is 1. The van der Waals surface area contributed by atoms with E-state index in [4.69, 9.17) is 14.9 Å². The van der Waals surface area contributed by atoms with Gasteiger partial charge in [-0.3, -0.25) is 0 Å². The smallest absolute Gasteiger partial charge is 0.448 e. The Morgan fingerprint density at radius 2 is 1.26 bits per heavy atom. The predicted molar refractivity (Wildman–Crippen MR) is 133 cm³/mol. The summed E-state index contributed by atoms with van der Waals surface area (Å²) in [5, 5.41) is 18.0. The van der Waals surface area contributed by atoms with Crippen LogP contribution in [0, 0.1) is 0 Å². The normalized spacial score (nSPS) is 12.9. The zero-order valence-electron chi connectivity index (χ0n) is 19.8. The van der Waals surface area contributed by atoms with Gasteiger partial charge < -0.3 is 14.9 Å². The molecule has 2 heterocycles. The Bertz CT molecular complexity index is 1460. The van der Waals surface area contributed by atoms with Crippen molar-refractivity contribution in [1.29, 1.82) is 0 Å². The summed E-state index contributed by atoms with van der Waals surface area (Å²) in [6.45, 7) is 4.08. The number of allylic oxidation sites excluding steroid dienone is 2. The number of fused-ring (bicyclic) bond motifs is 2. The maximum atomic E-state index is 12.2. The molecule has 2 N–H and O–H groups in total. The van der Waals surface area contributed by atoms with Crippen molar-refractivity contribution in [2.24, 2.45) is 0 Å². The average molecular weight is 621 g/mol. The molecule has 2 aromatic carbocycles. The number of halogens is 6. The second-order valence-electron chi connectivity index (χ2n) is 7.87. The van der Waals surface area contributed by atoms with Crippen LogP contribution in [0.1, 0.15) is 35.3 Å². The van der Waals surface area contributed by atoms with Crippen LogP contribution in [-0.2, 0) is 16.8 Å². The Balaban J connectivity index is 0.000000260. The van der Waals surface area contributed by atoms with Crippen LogP contribution in [0.4, 0.5) is 26.3 Å². The Morgan fingerprint density at radius 3 is 1.68 bits per heavy atom. The van der Waals surface area contributed by atoms with E-state index in [9.17, 15) is 26.3 Å². The summed E-state index contributed by atoms with van der Waals surface area (Å²) >= 11 is 2.17. The number of aromatic nitrogens is 2. The minimum atomic E-state index is -4.75. The number of aliphatic hydroxyl groups is 2. The quantitative estimate of drug-likeness (QED) is 0.176. The molecule has 0 unspecified atom stereocenters. The van der Waals surface area contributed by atoms with Gasteiger partial charge in [-0.1, -0.05) is 19.9 Å². The third kappa shape index (κ3) is 8.09. The molecule has 4 rings (SSSR count). The van der Waals surface area contributed by atoms with Crippen LogP contribution < -0.4 is 4.74 Å². The molecule has 4 aromatic rings. The van der Waals surface area contributed by atoms with Gasteiger partial charge in [0.1, 0.15) is 15.8 Å². The zero-order chi connectivity index (χ0) is 27.5. The molecule has 0 spiro atoms. The molecule has 0 saturated heterocycles. The topological polar surface area (TPSA) is 75.5 Å². The predicted octanol–water partition coefficient (Wildman–Crippen LogP) is 8.64. The van der Waals surface area contributed by atoms with E-state index in [0.717, 1.165) is 32.9 Å². The number of aliphatic hydroxyl groups excluding tert-OH is 2. The first kappa shape index (κ1) is 31.4. The maximum Gasteiger partial charge on any atom is 0.448 e. The Kier molecular flexibility index (Phi) is 10.2. The van der Waals surface area contributed by atoms with Crippen molar-refractivity contribution >= 4 is 55.3 Å². The molecule has 1 radical (unpaired) electrons. The van der Waals surface area contributed by atoms with Crippen LogP contribution in [0.5, 0.6) is 5.75 Å². The van der Waals surface area contributed by atoms with E-state index in [0.29, 0.717) is 39.6 Å². The van der Waals surface area contributed by atoms with Crippen molar-refractivity contribution in [2.75, 3.05) is 7.11 Å². The van der Waals surface area contributed by atoms with Gasteiger partial charge in [0.05, 0.1) is 27.5 Å². The van der Waals surface area contributed by atoms with E-state index in [-0.39, 0.29) is 26.8 Å². The first-order valence-electron chi connectivity index (χ1n) is 10.5. The molecule has 0 fully saturated rings. The molecule has 14 heteroatoms. The van der Waals surface area contributed by atoms with Gasteiger partial charge in [-0.15, -0.1) is 22.7 Å². The van der Waals surface area contributed by atoms with Crippen molar-refractivity contribution < 1.29 is 58.1 Å². The molecule has 2 aromatic heterocycles. The number of hydrogen-bond acceptors (Lipinski definition) is 7. The number of benzene rings is 2. The summed E-state index contributed by atoms with van der Waals surface area (Å²) in [5.41, 5.74) is 2.30. The van der Waals surface area contributed by atoms with Crippen LogP contribution in [0.2, 0.25) is 0 Å². The number of methoxy groups -OCH3 is 1. The minimum Gasteiger partial charge on any atom is -0.504 e. The van der Waals surface area contributed by atoms with Gasteiger partial charge in [0.15, 0.2) is 0 Å². The Labute approximate surface area is 231 Å². The first-order chi connectivity index (χ1) is 17.2. The molecule has 38 heavy (non-hydrogen) atoms. The van der Waals surface area contributed by atoms with E-state index in [1.807, 2.05) is 26.0 Å². The standard InChI is InChI=1S/C13H12F3NOS.C11H8F3NO2S.Co/c1-7(2)8-3-4-9-10(5-8)19-12(17-9)6-11(18)13(14,15)16;1-17-6-2-3-7-8(4-6)18-10(15-7)5-9(16)11(12,13)14;/h3-7,18H,1-2H3;2-5,16H,1H3;. The second kappa shape index (κ2) is 12.4. The van der Waals surface area contributed by atoms with Gasteiger partial charge in [0.2, 0.25) is 11.5 Å². The van der Waals surface area contributed by atoms with Crippen molar-refractivity contribution in [2.45, 2.75) is 32.1 Å². The third-order valence-electron chi connectivity index (χ3n) is 4.81. The van der Waals surface area contributed by atoms with E-state index >= 15 is 0 Å². The zero-order valence-corrected chi connectivity index (χ0v) is 22.5. The molecule has 5 nitrogen and oxygen atoms in total. The van der Waals surface area contributed by atoms with Gasteiger partial charge in [-0.05, 0) is 41.8 Å². The van der Waals surface area contributed by atoms with Crippen molar-refractivity contribution in [3.63, 3.8) is 0 Å². The van der Waals surface area contributed by atoms with Gasteiger partial charge in [0, 0.05) is 28.9 Å². The number of hydrogen-bond donors (Lipinski definition) is 2. The van der Waals surface area contributed by atoms with Gasteiger partial charge in [-0.2, -0.15) is 26.3 Å². The molecule has 0 atom stereocenters. The summed E-state index contributed by atoms with van der Waals surface area (Å²) in [4.78, 5) is 8.02. The fraction of sp³-hybridized carbons (Fsp3) is 0.250. The molecule has 207 valence electrons. The monoisotopic (exact) mass is 621 g/mol. The van der Waals surface area contributed by atoms with E-state index < -0.39 is 23.9 Å². The molecule has 0 aliphatic heterocycles. The molecule has 0 amide bonds. The van der Waals surface area contributed by atoms with Crippen molar-refractivity contribution in [3.05, 3.63) is 63.5 Å². The van der Waals surface area contributed by atoms with Crippen molar-refractivity contribution in [1.82, 2.24) is 9.97 Å². The molecule has 0 saturated carbocycles. The van der Waals surface area contributed by atoms with Crippen LogP contribution in [-0.4, -0.2) is 39.6 Å². The summed E-state index contributed by atoms with van der Waals surface area (Å²) in [6.07, 6.45) is -8.23. The van der Waals surface area contributed by atoms with Crippen LogP contribution in [0.25, 0.3) is 32.6 Å². The molecule has 0 aliphatic rings. The van der Waals surface area contributed by atoms with E-state index in [2.05, 4.69) is 9.97 Å². The average Bonchev–Trinajstić information content (AvgIpc) is 3.39. The first-order valence-corrected chi connectivity index (χ1v) is 12.1. The summed E-state index contributed by atoms with van der Waals surface area (Å²) in [6, 6.07) is 10.6. The number of nitrogens with zero attached hydrogens (tertiary/aromatic N) is 2. The van der Waals surface area contributed by atoms with Gasteiger partial charge >= 0.3 is 12.4 Å². The minimum absolute atomic E-state index is 0. The molecule has 0 bridgehead atoms. The second-order valence-corrected chi connectivity index (χ2v) is 10.00. The number of thiazole rings is 2. The molecular weight excluding hydrogens is 601 g/mol. The Morgan fingerprint density at radius 1 is 0.816 bits per heavy atom. The third-order valence-corrected chi connectivity index (χ3v) is 6.74. The summed E-state index contributed by atoms with van der Waals surface area (Å²) in [7, 11) is 1.50. The summed E-state index contributed by atoms with van der Waals surface area (Å²) < 4.78 is 79.6. The number of rotatable bonds is 4. The Hall–Kier alpha value is -2.81. The number of alkyl halides is 6. The van der Waals surface area contributed by atoms with E-state index in [1.54, 1.807) is 24.3 Å². The van der Waals surface area contributed by atoms with E-state index in [1.165, 1.54) is 7.11 Å². The van der Waals surface area contributed by atoms with Crippen molar-refractivity contribution in [3.8, 4) is 5.75 Å². The van der Waals surface area contributed by atoms with Gasteiger partial charge in [-0.25, -0.2) is 9.97 Å². The molecular formula is C24H20CoF6N2O3S2. The van der Waals surface area contributed by atoms with Gasteiger partial charge in [0.25, 0.3) is 0 Å². The van der Waals surface area contributed by atoms with Crippen LogP contribution >= 0.6 is 22.7 Å².